The molecule has 2 aromatic heterocycles. The first-order valence-corrected chi connectivity index (χ1v) is 8.27. The van der Waals surface area contributed by atoms with Gasteiger partial charge in [-0.1, -0.05) is 34.4 Å². The lowest BCUT2D eigenvalue weighted by molar-refractivity contribution is 0.370. The molecule has 4 aromatic rings. The third kappa shape index (κ3) is 2.73. The van der Waals surface area contributed by atoms with Gasteiger partial charge in [0.15, 0.2) is 0 Å². The Morgan fingerprint density at radius 3 is 2.64 bits per heavy atom. The van der Waals surface area contributed by atoms with Crippen LogP contribution >= 0.6 is 23.2 Å². The number of halogens is 2. The maximum Gasteiger partial charge on any atom is 0.247 e. The lowest BCUT2D eigenvalue weighted by atomic mass is 10.2. The predicted octanol–water partition coefficient (Wildman–Crippen LogP) is 3.86. The molecule has 25 heavy (non-hydrogen) atoms. The summed E-state index contributed by atoms with van der Waals surface area (Å²) in [6.07, 6.45) is 0. The van der Waals surface area contributed by atoms with Crippen molar-refractivity contribution in [2.45, 2.75) is 6.54 Å². The highest BCUT2D eigenvalue weighted by Crippen LogP contribution is 2.23. The number of fused-ring (bicyclic) bond motifs is 1. The van der Waals surface area contributed by atoms with Gasteiger partial charge in [0.05, 0.1) is 16.1 Å². The first-order chi connectivity index (χ1) is 12.0. The average molecular weight is 374 g/mol. The fourth-order valence-corrected chi connectivity index (χ4v) is 3.21. The maximum atomic E-state index is 8.33. The minimum Gasteiger partial charge on any atom is -0.337 e. The highest BCUT2D eigenvalue weighted by Gasteiger charge is 2.15. The number of hydrogen-bond donors (Lipinski definition) is 1. The van der Waals surface area contributed by atoms with Crippen LogP contribution in [-0.4, -0.2) is 19.3 Å². The Morgan fingerprint density at radius 2 is 1.88 bits per heavy atom. The van der Waals surface area contributed by atoms with Gasteiger partial charge in [-0.25, -0.2) is 0 Å². The second kappa shape index (κ2) is 6.06. The van der Waals surface area contributed by atoms with E-state index in [-0.39, 0.29) is 6.54 Å². The molecular weight excluding hydrogens is 361 g/mol. The summed E-state index contributed by atoms with van der Waals surface area (Å²) in [5.74, 6) is 0.896. The van der Waals surface area contributed by atoms with Crippen LogP contribution in [0.15, 0.2) is 47.0 Å². The SMILES string of the molecule is Cn1c(=N)n(Cc2nc(-c3ccc(Cl)cc3)no2)c2cccc(Cl)c21. The molecule has 8 heteroatoms. The highest BCUT2D eigenvalue weighted by atomic mass is 35.5. The summed E-state index contributed by atoms with van der Waals surface area (Å²) in [5, 5.41) is 13.6. The van der Waals surface area contributed by atoms with Crippen molar-refractivity contribution in [1.29, 1.82) is 5.41 Å². The number of para-hydroxylation sites is 1. The van der Waals surface area contributed by atoms with E-state index >= 15 is 0 Å². The molecule has 0 radical (unpaired) electrons. The molecule has 0 amide bonds. The molecule has 0 saturated carbocycles. The fraction of sp³-hybridized carbons (Fsp3) is 0.118. The van der Waals surface area contributed by atoms with E-state index in [4.69, 9.17) is 33.1 Å². The Hall–Kier alpha value is -2.57. The molecule has 0 aliphatic rings. The Balaban J connectivity index is 1.73. The third-order valence-electron chi connectivity index (χ3n) is 4.03. The summed E-state index contributed by atoms with van der Waals surface area (Å²) in [6.45, 7) is 0.289. The van der Waals surface area contributed by atoms with Gasteiger partial charge in [-0.2, -0.15) is 4.98 Å². The Morgan fingerprint density at radius 1 is 1.12 bits per heavy atom. The number of aromatic nitrogens is 4. The topological polar surface area (TPSA) is 72.6 Å². The van der Waals surface area contributed by atoms with Crippen molar-refractivity contribution < 1.29 is 4.52 Å². The van der Waals surface area contributed by atoms with Crippen molar-refractivity contribution >= 4 is 34.2 Å². The molecule has 6 nitrogen and oxygen atoms in total. The quantitative estimate of drug-likeness (QED) is 0.592. The van der Waals surface area contributed by atoms with Crippen LogP contribution in [0, 0.1) is 5.41 Å². The predicted molar refractivity (Wildman–Crippen MR) is 95.6 cm³/mol. The van der Waals surface area contributed by atoms with Crippen molar-refractivity contribution in [2.75, 3.05) is 0 Å². The zero-order chi connectivity index (χ0) is 17.6. The van der Waals surface area contributed by atoms with Crippen molar-refractivity contribution in [3.63, 3.8) is 0 Å². The minimum absolute atomic E-state index is 0.289. The Kier molecular flexibility index (Phi) is 3.86. The van der Waals surface area contributed by atoms with Gasteiger partial charge in [0, 0.05) is 17.6 Å². The molecule has 1 N–H and O–H groups in total. The van der Waals surface area contributed by atoms with Crippen LogP contribution in [-0.2, 0) is 13.6 Å². The molecule has 0 unspecified atom stereocenters. The van der Waals surface area contributed by atoms with Gasteiger partial charge in [-0.3, -0.25) is 5.41 Å². The second-order valence-corrected chi connectivity index (χ2v) is 6.44. The van der Waals surface area contributed by atoms with E-state index in [1.165, 1.54) is 0 Å². The monoisotopic (exact) mass is 373 g/mol. The zero-order valence-electron chi connectivity index (χ0n) is 13.2. The van der Waals surface area contributed by atoms with Crippen LogP contribution in [0.4, 0.5) is 0 Å². The molecule has 0 fully saturated rings. The van der Waals surface area contributed by atoms with E-state index in [9.17, 15) is 0 Å². The summed E-state index contributed by atoms with van der Waals surface area (Å²) < 4.78 is 8.86. The van der Waals surface area contributed by atoms with Gasteiger partial charge >= 0.3 is 0 Å². The molecular formula is C17H13Cl2N5O. The van der Waals surface area contributed by atoms with E-state index in [1.807, 2.05) is 24.3 Å². The second-order valence-electron chi connectivity index (χ2n) is 5.59. The lowest BCUT2D eigenvalue weighted by Crippen LogP contribution is -2.23. The van der Waals surface area contributed by atoms with Gasteiger partial charge in [0.1, 0.15) is 6.54 Å². The Labute approximate surface area is 152 Å². The van der Waals surface area contributed by atoms with Gasteiger partial charge in [0.25, 0.3) is 0 Å². The molecule has 0 atom stereocenters. The lowest BCUT2D eigenvalue weighted by Gasteiger charge is -2.00. The maximum absolute atomic E-state index is 8.33. The summed E-state index contributed by atoms with van der Waals surface area (Å²) in [7, 11) is 1.81. The van der Waals surface area contributed by atoms with E-state index in [1.54, 1.807) is 34.4 Å². The van der Waals surface area contributed by atoms with Crippen LogP contribution in [0.5, 0.6) is 0 Å². The molecule has 4 rings (SSSR count). The summed E-state index contributed by atoms with van der Waals surface area (Å²) >= 11 is 12.2. The van der Waals surface area contributed by atoms with Crippen molar-refractivity contribution in [3.8, 4) is 11.4 Å². The van der Waals surface area contributed by atoms with E-state index in [0.29, 0.717) is 27.4 Å². The fourth-order valence-electron chi connectivity index (χ4n) is 2.79. The number of nitrogens with one attached hydrogen (secondary N) is 1. The number of hydrogen-bond acceptors (Lipinski definition) is 4. The van der Waals surface area contributed by atoms with E-state index < -0.39 is 0 Å². The van der Waals surface area contributed by atoms with Gasteiger partial charge < -0.3 is 13.7 Å². The van der Waals surface area contributed by atoms with Crippen LogP contribution in [0.1, 0.15) is 5.89 Å². The smallest absolute Gasteiger partial charge is 0.247 e. The largest absolute Gasteiger partial charge is 0.337 e. The molecule has 0 spiro atoms. The van der Waals surface area contributed by atoms with E-state index in [0.717, 1.165) is 16.6 Å². The van der Waals surface area contributed by atoms with Gasteiger partial charge in [0.2, 0.25) is 17.3 Å². The standard InChI is InChI=1S/C17H13Cl2N5O/c1-23-15-12(19)3-2-4-13(15)24(17(23)20)9-14-21-16(22-25-14)10-5-7-11(18)8-6-10/h2-8,20H,9H2,1H3. The third-order valence-corrected chi connectivity index (χ3v) is 4.59. The molecule has 0 aliphatic heterocycles. The number of nitrogens with zero attached hydrogens (tertiary/aromatic N) is 4. The highest BCUT2D eigenvalue weighted by molar-refractivity contribution is 6.35. The minimum atomic E-state index is 0.289. The molecule has 0 aliphatic carbocycles. The molecule has 0 saturated heterocycles. The first kappa shape index (κ1) is 15.9. The normalized spacial score (nSPS) is 11.3. The van der Waals surface area contributed by atoms with Crippen LogP contribution in [0.25, 0.3) is 22.4 Å². The molecule has 2 aromatic carbocycles. The zero-order valence-corrected chi connectivity index (χ0v) is 14.7. The number of rotatable bonds is 3. The van der Waals surface area contributed by atoms with Crippen LogP contribution < -0.4 is 5.62 Å². The first-order valence-electron chi connectivity index (χ1n) is 7.51. The molecule has 126 valence electrons. The number of benzene rings is 2. The van der Waals surface area contributed by atoms with E-state index in [2.05, 4.69) is 10.1 Å². The molecule has 2 heterocycles. The van der Waals surface area contributed by atoms with Crippen LogP contribution in [0.2, 0.25) is 10.0 Å². The van der Waals surface area contributed by atoms with Crippen molar-refractivity contribution in [3.05, 3.63) is 64.0 Å². The van der Waals surface area contributed by atoms with Gasteiger partial charge in [-0.15, -0.1) is 0 Å². The number of imidazole rings is 1. The van der Waals surface area contributed by atoms with Crippen molar-refractivity contribution in [1.82, 2.24) is 19.3 Å². The molecule has 0 bridgehead atoms. The van der Waals surface area contributed by atoms with Gasteiger partial charge in [-0.05, 0) is 36.4 Å². The summed E-state index contributed by atoms with van der Waals surface area (Å²) in [4.78, 5) is 4.42. The summed E-state index contributed by atoms with van der Waals surface area (Å²) in [6, 6.07) is 12.8. The average Bonchev–Trinajstić information content (AvgIpc) is 3.16. The van der Waals surface area contributed by atoms with Crippen LogP contribution in [0.3, 0.4) is 0 Å². The Bertz CT molecular complexity index is 1120. The van der Waals surface area contributed by atoms with Crippen molar-refractivity contribution in [2.24, 2.45) is 7.05 Å². The summed E-state index contributed by atoms with van der Waals surface area (Å²) in [5.41, 5.74) is 2.75. The number of aryl methyl sites for hydroxylation is 1.